The fourth-order valence-corrected chi connectivity index (χ4v) is 2.45. The SMILES string of the molecule is Cc1cccc(C(=O)N[C@@H](C(=O)NNC(=O)c2ccccc2F)C(C)C)c1. The number of carbonyl (C=O) groups is 3. The first-order chi connectivity index (χ1) is 12.8. The number of carbonyl (C=O) groups excluding carboxylic acids is 3. The molecule has 0 fully saturated rings. The Morgan fingerprint density at radius 2 is 1.63 bits per heavy atom. The minimum atomic E-state index is -0.876. The maximum atomic E-state index is 13.6. The van der Waals surface area contributed by atoms with Gasteiger partial charge in [-0.2, -0.15) is 0 Å². The normalized spacial score (nSPS) is 11.6. The summed E-state index contributed by atoms with van der Waals surface area (Å²) < 4.78 is 13.6. The molecule has 2 aromatic rings. The number of halogens is 1. The van der Waals surface area contributed by atoms with Gasteiger partial charge in [0.1, 0.15) is 11.9 Å². The Kier molecular flexibility index (Phi) is 6.65. The zero-order valence-electron chi connectivity index (χ0n) is 15.4. The minimum Gasteiger partial charge on any atom is -0.340 e. The van der Waals surface area contributed by atoms with Crippen molar-refractivity contribution in [2.24, 2.45) is 5.92 Å². The van der Waals surface area contributed by atoms with E-state index in [-0.39, 0.29) is 11.5 Å². The Bertz CT molecular complexity index is 852. The van der Waals surface area contributed by atoms with Crippen LogP contribution >= 0.6 is 0 Å². The molecule has 2 rings (SSSR count). The van der Waals surface area contributed by atoms with E-state index in [0.717, 1.165) is 11.6 Å². The molecule has 142 valence electrons. The molecule has 7 heteroatoms. The summed E-state index contributed by atoms with van der Waals surface area (Å²) in [4.78, 5) is 36.8. The molecule has 0 saturated carbocycles. The minimum absolute atomic E-state index is 0.192. The third-order valence-electron chi connectivity index (χ3n) is 3.93. The van der Waals surface area contributed by atoms with E-state index in [4.69, 9.17) is 0 Å². The molecule has 0 heterocycles. The van der Waals surface area contributed by atoms with Gasteiger partial charge < -0.3 is 5.32 Å². The highest BCUT2D eigenvalue weighted by molar-refractivity contribution is 5.99. The average molecular weight is 371 g/mol. The van der Waals surface area contributed by atoms with Gasteiger partial charge in [-0.25, -0.2) is 4.39 Å². The van der Waals surface area contributed by atoms with Crippen LogP contribution in [0.4, 0.5) is 4.39 Å². The molecule has 6 nitrogen and oxygen atoms in total. The van der Waals surface area contributed by atoms with E-state index in [9.17, 15) is 18.8 Å². The molecular formula is C20H22FN3O3. The highest BCUT2D eigenvalue weighted by atomic mass is 19.1. The van der Waals surface area contributed by atoms with Crippen LogP contribution in [0.5, 0.6) is 0 Å². The first-order valence-corrected chi connectivity index (χ1v) is 8.52. The molecule has 3 amide bonds. The van der Waals surface area contributed by atoms with E-state index in [1.807, 2.05) is 13.0 Å². The van der Waals surface area contributed by atoms with Crippen molar-refractivity contribution in [3.8, 4) is 0 Å². The van der Waals surface area contributed by atoms with Crippen LogP contribution < -0.4 is 16.2 Å². The number of benzene rings is 2. The molecule has 0 unspecified atom stereocenters. The van der Waals surface area contributed by atoms with Gasteiger partial charge in [-0.1, -0.05) is 43.7 Å². The second-order valence-corrected chi connectivity index (χ2v) is 6.49. The lowest BCUT2D eigenvalue weighted by Crippen LogP contribution is -2.54. The van der Waals surface area contributed by atoms with Crippen molar-refractivity contribution in [3.05, 3.63) is 71.0 Å². The summed E-state index contributed by atoms with van der Waals surface area (Å²) in [5.74, 6) is -2.71. The molecule has 3 N–H and O–H groups in total. The van der Waals surface area contributed by atoms with Gasteiger partial charge >= 0.3 is 0 Å². The summed E-state index contributed by atoms with van der Waals surface area (Å²) in [5, 5.41) is 2.66. The Hall–Kier alpha value is -3.22. The third kappa shape index (κ3) is 5.37. The largest absolute Gasteiger partial charge is 0.340 e. The number of nitrogens with one attached hydrogen (secondary N) is 3. The quantitative estimate of drug-likeness (QED) is 0.705. The maximum Gasteiger partial charge on any atom is 0.272 e. The monoisotopic (exact) mass is 371 g/mol. The number of hydrazine groups is 1. The van der Waals surface area contributed by atoms with Crippen molar-refractivity contribution >= 4 is 17.7 Å². The fraction of sp³-hybridized carbons (Fsp3) is 0.250. The van der Waals surface area contributed by atoms with Gasteiger partial charge in [0.15, 0.2) is 0 Å². The van der Waals surface area contributed by atoms with Gasteiger partial charge in [-0.15, -0.1) is 0 Å². The van der Waals surface area contributed by atoms with Crippen molar-refractivity contribution in [1.82, 2.24) is 16.2 Å². The standard InChI is InChI=1S/C20H22FN3O3/c1-12(2)17(22-18(25)14-8-6-7-13(3)11-14)20(27)24-23-19(26)15-9-4-5-10-16(15)21/h4-12,17H,1-3H3,(H,22,25)(H,23,26)(H,24,27)/t17-/m1/s1. The molecule has 2 aromatic carbocycles. The first kappa shape index (κ1) is 20.1. The van der Waals surface area contributed by atoms with Gasteiger partial charge in [0.05, 0.1) is 5.56 Å². The molecule has 0 bridgehead atoms. The number of aryl methyl sites for hydroxylation is 1. The highest BCUT2D eigenvalue weighted by Gasteiger charge is 2.25. The molecule has 0 aliphatic rings. The zero-order chi connectivity index (χ0) is 20.0. The molecule has 1 atom stereocenters. The summed E-state index contributed by atoms with van der Waals surface area (Å²) in [6, 6.07) is 11.5. The second kappa shape index (κ2) is 8.93. The molecule has 0 saturated heterocycles. The van der Waals surface area contributed by atoms with Crippen LogP contribution in [-0.2, 0) is 4.79 Å². The van der Waals surface area contributed by atoms with E-state index >= 15 is 0 Å². The average Bonchev–Trinajstić information content (AvgIpc) is 2.63. The van der Waals surface area contributed by atoms with E-state index in [2.05, 4.69) is 16.2 Å². The number of amides is 3. The van der Waals surface area contributed by atoms with E-state index < -0.39 is 29.6 Å². The Morgan fingerprint density at radius 1 is 0.926 bits per heavy atom. The van der Waals surface area contributed by atoms with E-state index in [1.54, 1.807) is 32.0 Å². The van der Waals surface area contributed by atoms with Gasteiger partial charge in [-0.3, -0.25) is 25.2 Å². The lowest BCUT2D eigenvalue weighted by atomic mass is 10.0. The van der Waals surface area contributed by atoms with Crippen molar-refractivity contribution in [2.75, 3.05) is 0 Å². The maximum absolute atomic E-state index is 13.6. The van der Waals surface area contributed by atoms with Crippen molar-refractivity contribution in [3.63, 3.8) is 0 Å². The summed E-state index contributed by atoms with van der Waals surface area (Å²) >= 11 is 0. The fourth-order valence-electron chi connectivity index (χ4n) is 2.45. The Balaban J connectivity index is 2.01. The van der Waals surface area contributed by atoms with E-state index in [0.29, 0.717) is 5.56 Å². The first-order valence-electron chi connectivity index (χ1n) is 8.52. The molecular weight excluding hydrogens is 349 g/mol. The molecule has 27 heavy (non-hydrogen) atoms. The summed E-state index contributed by atoms with van der Waals surface area (Å²) in [5.41, 5.74) is 5.57. The van der Waals surface area contributed by atoms with Crippen molar-refractivity contribution in [2.45, 2.75) is 26.8 Å². The van der Waals surface area contributed by atoms with Gasteiger partial charge in [0.25, 0.3) is 17.7 Å². The second-order valence-electron chi connectivity index (χ2n) is 6.49. The van der Waals surface area contributed by atoms with E-state index in [1.165, 1.54) is 18.2 Å². The summed E-state index contributed by atoms with van der Waals surface area (Å²) in [7, 11) is 0. The molecule has 0 aliphatic heterocycles. The van der Waals surface area contributed by atoms with Gasteiger partial charge in [0.2, 0.25) is 0 Å². The predicted molar refractivity (Wildman–Crippen MR) is 99.3 cm³/mol. The Labute approximate surface area is 157 Å². The lowest BCUT2D eigenvalue weighted by Gasteiger charge is -2.22. The van der Waals surface area contributed by atoms with Crippen LogP contribution in [0.2, 0.25) is 0 Å². The van der Waals surface area contributed by atoms with Crippen LogP contribution in [0.3, 0.4) is 0 Å². The number of hydrogen-bond acceptors (Lipinski definition) is 3. The van der Waals surface area contributed by atoms with Crippen molar-refractivity contribution in [1.29, 1.82) is 0 Å². The summed E-state index contributed by atoms with van der Waals surface area (Å²) in [6.45, 7) is 5.39. The van der Waals surface area contributed by atoms with Crippen LogP contribution in [0.1, 0.15) is 40.1 Å². The van der Waals surface area contributed by atoms with Crippen LogP contribution in [0.15, 0.2) is 48.5 Å². The highest BCUT2D eigenvalue weighted by Crippen LogP contribution is 2.08. The van der Waals surface area contributed by atoms with Gasteiger partial charge in [-0.05, 0) is 37.1 Å². The molecule has 0 aromatic heterocycles. The molecule has 0 radical (unpaired) electrons. The third-order valence-corrected chi connectivity index (χ3v) is 3.93. The predicted octanol–water partition coefficient (Wildman–Crippen LogP) is 2.35. The topological polar surface area (TPSA) is 87.3 Å². The smallest absolute Gasteiger partial charge is 0.272 e. The van der Waals surface area contributed by atoms with Crippen molar-refractivity contribution < 1.29 is 18.8 Å². The zero-order valence-corrected chi connectivity index (χ0v) is 15.4. The van der Waals surface area contributed by atoms with Crippen LogP contribution in [0, 0.1) is 18.7 Å². The Morgan fingerprint density at radius 3 is 2.26 bits per heavy atom. The van der Waals surface area contributed by atoms with Crippen LogP contribution in [0.25, 0.3) is 0 Å². The molecule has 0 aliphatic carbocycles. The number of rotatable bonds is 5. The lowest BCUT2D eigenvalue weighted by molar-refractivity contribution is -0.124. The number of hydrogen-bond donors (Lipinski definition) is 3. The summed E-state index contributed by atoms with van der Waals surface area (Å²) in [6.07, 6.45) is 0. The van der Waals surface area contributed by atoms with Gasteiger partial charge in [0, 0.05) is 5.56 Å². The van der Waals surface area contributed by atoms with Crippen LogP contribution in [-0.4, -0.2) is 23.8 Å². The molecule has 0 spiro atoms.